The van der Waals surface area contributed by atoms with Crippen molar-refractivity contribution in [1.82, 2.24) is 4.72 Å². The van der Waals surface area contributed by atoms with E-state index in [2.05, 4.69) is 11.3 Å². The van der Waals surface area contributed by atoms with Crippen LogP contribution in [0.3, 0.4) is 0 Å². The van der Waals surface area contributed by atoms with E-state index in [9.17, 15) is 18.3 Å². The summed E-state index contributed by atoms with van der Waals surface area (Å²) in [5.41, 5.74) is 0.845. The Balaban J connectivity index is 2.56. The van der Waals surface area contributed by atoms with Crippen LogP contribution in [0.25, 0.3) is 0 Å². The number of hydrogen-bond donors (Lipinski definition) is 2. The Hall–Kier alpha value is -2.10. The van der Waals surface area contributed by atoms with Crippen molar-refractivity contribution < 1.29 is 27.8 Å². The maximum Gasteiger partial charge on any atom is 0.331 e. The summed E-state index contributed by atoms with van der Waals surface area (Å²) in [6.07, 6.45) is -0.274. The molecule has 10 heteroatoms. The Morgan fingerprint density at radius 2 is 1.83 bits per heavy atom. The Morgan fingerprint density at radius 3 is 2.40 bits per heavy atom. The molecule has 30 heavy (non-hydrogen) atoms. The number of aliphatic carboxylic acids is 1. The number of aryl methyl sites for hydroxylation is 1. The molecule has 0 spiro atoms. The molecule has 0 saturated heterocycles. The molecule has 0 bridgehead atoms. The molecule has 0 amide bonds. The first-order valence-corrected chi connectivity index (χ1v) is 10.9. The summed E-state index contributed by atoms with van der Waals surface area (Å²) in [4.78, 5) is 11.4. The lowest BCUT2D eigenvalue weighted by Gasteiger charge is -2.23. The van der Waals surface area contributed by atoms with Gasteiger partial charge in [-0.05, 0) is 37.6 Å². The van der Waals surface area contributed by atoms with E-state index in [4.69, 9.17) is 32.7 Å². The molecule has 0 aliphatic heterocycles. The van der Waals surface area contributed by atoms with Crippen LogP contribution in [-0.4, -0.2) is 33.4 Å². The molecule has 0 fully saturated rings. The second kappa shape index (κ2) is 10.3. The van der Waals surface area contributed by atoms with E-state index in [0.29, 0.717) is 0 Å². The summed E-state index contributed by atoms with van der Waals surface area (Å²) in [5.74, 6) is -1.08. The van der Waals surface area contributed by atoms with Gasteiger partial charge in [-0.25, -0.2) is 17.9 Å². The maximum atomic E-state index is 13.0. The normalized spacial score (nSPS) is 12.4. The lowest BCUT2D eigenvalue weighted by Crippen LogP contribution is -2.30. The molecule has 2 aromatic carbocycles. The standard InChI is InChI=1S/C20H21Cl2NO6S/c1-12-4-6-14(7-5-12)30(26,27)23-16(10-13(2)20(24)25)18-17(29-11-28-3)9-8-15(21)19(18)22/h4-9,16,23H,2,10-11H2,1,3H3,(H,24,25). The predicted octanol–water partition coefficient (Wildman–Crippen LogP) is 4.34. The van der Waals surface area contributed by atoms with E-state index in [1.807, 2.05) is 6.92 Å². The maximum absolute atomic E-state index is 13.0. The Bertz CT molecular complexity index is 1040. The van der Waals surface area contributed by atoms with Crippen LogP contribution in [-0.2, 0) is 19.6 Å². The minimum absolute atomic E-state index is 0.0107. The highest BCUT2D eigenvalue weighted by Gasteiger charge is 2.29. The highest BCUT2D eigenvalue weighted by Crippen LogP contribution is 2.40. The Kier molecular flexibility index (Phi) is 8.28. The van der Waals surface area contributed by atoms with E-state index in [0.717, 1.165) is 5.56 Å². The molecule has 2 rings (SSSR count). The van der Waals surface area contributed by atoms with Gasteiger partial charge in [-0.1, -0.05) is 47.5 Å². The first kappa shape index (κ1) is 24.2. The van der Waals surface area contributed by atoms with Gasteiger partial charge in [-0.3, -0.25) is 0 Å². The van der Waals surface area contributed by atoms with Crippen molar-refractivity contribution in [2.24, 2.45) is 0 Å². The molecule has 0 aromatic heterocycles. The molecule has 2 N–H and O–H groups in total. The summed E-state index contributed by atoms with van der Waals surface area (Å²) in [7, 11) is -2.62. The van der Waals surface area contributed by atoms with E-state index < -0.39 is 22.0 Å². The Labute approximate surface area is 185 Å². The van der Waals surface area contributed by atoms with Crippen molar-refractivity contribution in [2.75, 3.05) is 13.9 Å². The lowest BCUT2D eigenvalue weighted by molar-refractivity contribution is -0.132. The van der Waals surface area contributed by atoms with Gasteiger partial charge in [0.25, 0.3) is 0 Å². The van der Waals surface area contributed by atoms with Crippen molar-refractivity contribution in [2.45, 2.75) is 24.3 Å². The average Bonchev–Trinajstić information content (AvgIpc) is 2.68. The topological polar surface area (TPSA) is 102 Å². The van der Waals surface area contributed by atoms with Gasteiger partial charge in [-0.2, -0.15) is 0 Å². The van der Waals surface area contributed by atoms with Crippen molar-refractivity contribution in [3.8, 4) is 5.75 Å². The minimum atomic E-state index is -4.04. The molecule has 1 unspecified atom stereocenters. The van der Waals surface area contributed by atoms with Crippen LogP contribution >= 0.6 is 23.2 Å². The van der Waals surface area contributed by atoms with Crippen LogP contribution in [0.2, 0.25) is 10.0 Å². The minimum Gasteiger partial charge on any atom is -0.478 e. The van der Waals surface area contributed by atoms with Crippen molar-refractivity contribution in [1.29, 1.82) is 0 Å². The number of methoxy groups -OCH3 is 1. The molecule has 162 valence electrons. The van der Waals surface area contributed by atoms with E-state index in [-0.39, 0.29) is 45.0 Å². The summed E-state index contributed by atoms with van der Waals surface area (Å²) in [5, 5.41) is 9.45. The fraction of sp³-hybridized carbons (Fsp3) is 0.250. The van der Waals surface area contributed by atoms with Gasteiger partial charge in [-0.15, -0.1) is 0 Å². The number of nitrogens with one attached hydrogen (secondary N) is 1. The zero-order valence-electron chi connectivity index (χ0n) is 16.3. The number of carboxylic acids is 1. The molecule has 0 saturated carbocycles. The van der Waals surface area contributed by atoms with Crippen molar-refractivity contribution >= 4 is 39.2 Å². The molecule has 0 heterocycles. The number of ether oxygens (including phenoxy) is 2. The number of carbonyl (C=O) groups is 1. The van der Waals surface area contributed by atoms with Gasteiger partial charge in [0.2, 0.25) is 10.0 Å². The number of rotatable bonds is 10. The third-order valence-corrected chi connectivity index (χ3v) is 6.46. The molecule has 0 aliphatic carbocycles. The van der Waals surface area contributed by atoms with Gasteiger partial charge in [0.05, 0.1) is 21.0 Å². The summed E-state index contributed by atoms with van der Waals surface area (Å²) >= 11 is 12.5. The van der Waals surface area contributed by atoms with Crippen LogP contribution in [0.15, 0.2) is 53.4 Å². The fourth-order valence-corrected chi connectivity index (χ4v) is 4.29. The molecular formula is C20H21Cl2NO6S. The van der Waals surface area contributed by atoms with Crippen LogP contribution in [0.5, 0.6) is 5.75 Å². The fourth-order valence-electron chi connectivity index (χ4n) is 2.63. The number of benzene rings is 2. The zero-order valence-corrected chi connectivity index (χ0v) is 18.6. The van der Waals surface area contributed by atoms with Gasteiger partial charge < -0.3 is 14.6 Å². The van der Waals surface area contributed by atoms with Crippen molar-refractivity contribution in [3.05, 3.63) is 69.7 Å². The molecule has 0 aliphatic rings. The molecule has 0 radical (unpaired) electrons. The summed E-state index contributed by atoms with van der Waals surface area (Å²) in [6, 6.07) is 8.07. The largest absolute Gasteiger partial charge is 0.478 e. The van der Waals surface area contributed by atoms with Gasteiger partial charge in [0, 0.05) is 18.2 Å². The number of halogens is 2. The highest BCUT2D eigenvalue weighted by molar-refractivity contribution is 7.89. The van der Waals surface area contributed by atoms with E-state index in [1.54, 1.807) is 12.1 Å². The second-order valence-corrected chi connectivity index (χ2v) is 8.92. The third kappa shape index (κ3) is 5.96. The second-order valence-electron chi connectivity index (χ2n) is 6.42. The molecule has 2 aromatic rings. The lowest BCUT2D eigenvalue weighted by atomic mass is 9.99. The quantitative estimate of drug-likeness (QED) is 0.393. The monoisotopic (exact) mass is 473 g/mol. The van der Waals surface area contributed by atoms with E-state index in [1.165, 1.54) is 31.4 Å². The molecular weight excluding hydrogens is 453 g/mol. The summed E-state index contributed by atoms with van der Waals surface area (Å²) in [6.45, 7) is 5.19. The molecule has 7 nitrogen and oxygen atoms in total. The average molecular weight is 474 g/mol. The van der Waals surface area contributed by atoms with Gasteiger partial charge in [0.15, 0.2) is 6.79 Å². The zero-order chi connectivity index (χ0) is 22.5. The first-order chi connectivity index (χ1) is 14.1. The SMILES string of the molecule is C=C(CC(NS(=O)(=O)c1ccc(C)cc1)c1c(OCOC)ccc(Cl)c1Cl)C(=O)O. The predicted molar refractivity (Wildman–Crippen MR) is 115 cm³/mol. The van der Waals surface area contributed by atoms with Crippen molar-refractivity contribution in [3.63, 3.8) is 0 Å². The molecule has 1 atom stereocenters. The smallest absolute Gasteiger partial charge is 0.331 e. The number of sulfonamides is 1. The van der Waals surface area contributed by atoms with Gasteiger partial charge in [0.1, 0.15) is 5.75 Å². The van der Waals surface area contributed by atoms with Gasteiger partial charge >= 0.3 is 5.97 Å². The van der Waals surface area contributed by atoms with Crippen LogP contribution < -0.4 is 9.46 Å². The van der Waals surface area contributed by atoms with Crippen LogP contribution in [0, 0.1) is 6.92 Å². The van der Waals surface area contributed by atoms with Crippen LogP contribution in [0.4, 0.5) is 0 Å². The van der Waals surface area contributed by atoms with E-state index >= 15 is 0 Å². The summed E-state index contributed by atoms with van der Waals surface area (Å²) < 4.78 is 38.8. The van der Waals surface area contributed by atoms with Crippen LogP contribution in [0.1, 0.15) is 23.6 Å². The Morgan fingerprint density at radius 1 is 1.20 bits per heavy atom. The third-order valence-electron chi connectivity index (χ3n) is 4.16. The highest BCUT2D eigenvalue weighted by atomic mass is 35.5. The number of carboxylic acid groups (broad SMARTS) is 1. The number of hydrogen-bond acceptors (Lipinski definition) is 5. The first-order valence-electron chi connectivity index (χ1n) is 8.66.